The van der Waals surface area contributed by atoms with E-state index in [1.54, 1.807) is 0 Å². The Hall–Kier alpha value is -0.160. The van der Waals surface area contributed by atoms with Crippen molar-refractivity contribution < 1.29 is 11.0 Å². The van der Waals surface area contributed by atoms with Crippen molar-refractivity contribution in [1.29, 1.82) is 0 Å². The molecule has 1 unspecified atom stereocenters. The highest BCUT2D eigenvalue weighted by Gasteiger charge is 1.79. The first kappa shape index (κ1) is 15.8. The van der Waals surface area contributed by atoms with Gasteiger partial charge in [0.05, 0.1) is 0 Å². The molecule has 0 amide bonds. The van der Waals surface area contributed by atoms with Gasteiger partial charge in [0.25, 0.3) is 0 Å². The maximum atomic E-state index is 5.17. The minimum atomic E-state index is 0. The molecule has 0 aliphatic rings. The van der Waals surface area contributed by atoms with Crippen molar-refractivity contribution in [1.82, 2.24) is 0 Å². The van der Waals surface area contributed by atoms with Gasteiger partial charge in [-0.05, 0) is 6.92 Å². The first-order valence-electron chi connectivity index (χ1n) is 1.73. The third kappa shape index (κ3) is 25.4. The van der Waals surface area contributed by atoms with Crippen molar-refractivity contribution in [2.24, 2.45) is 11.5 Å². The highest BCUT2D eigenvalue weighted by molar-refractivity contribution is 4.48. The van der Waals surface area contributed by atoms with E-state index in [9.17, 15) is 0 Å². The third-order valence-electron chi connectivity index (χ3n) is 0.372. The van der Waals surface area contributed by atoms with Gasteiger partial charge in [-0.3, -0.25) is 0 Å². The second-order valence-corrected chi connectivity index (χ2v) is 1.21. The van der Waals surface area contributed by atoms with E-state index in [2.05, 4.69) is 0 Å². The first-order valence-corrected chi connectivity index (χ1v) is 1.73. The summed E-state index contributed by atoms with van der Waals surface area (Å²) in [6.45, 7) is 2.46. The molecule has 0 radical (unpaired) electrons. The fourth-order valence-electron chi connectivity index (χ4n) is 0. The van der Waals surface area contributed by atoms with Gasteiger partial charge < -0.3 is 22.4 Å². The summed E-state index contributed by atoms with van der Waals surface area (Å²) in [6, 6.07) is 0.162. The summed E-state index contributed by atoms with van der Waals surface area (Å²) < 4.78 is 0. The lowest BCUT2D eigenvalue weighted by Gasteiger charge is -1.92. The maximum absolute atomic E-state index is 5.17. The van der Waals surface area contributed by atoms with Crippen LogP contribution in [0.2, 0.25) is 0 Å². The van der Waals surface area contributed by atoms with Crippen LogP contribution in [-0.4, -0.2) is 23.5 Å². The van der Waals surface area contributed by atoms with E-state index < -0.39 is 0 Å². The Bertz CT molecular complexity index is 24.9. The largest absolute Gasteiger partial charge is 0.412 e. The molecule has 0 aromatic carbocycles. The van der Waals surface area contributed by atoms with Crippen molar-refractivity contribution >= 4 is 0 Å². The van der Waals surface area contributed by atoms with Gasteiger partial charge in [0, 0.05) is 12.6 Å². The molecule has 0 saturated carbocycles. The van der Waals surface area contributed by atoms with Gasteiger partial charge in [-0.2, -0.15) is 0 Å². The third-order valence-corrected chi connectivity index (χ3v) is 0.372. The van der Waals surface area contributed by atoms with E-state index in [-0.39, 0.29) is 17.0 Å². The molecule has 0 bridgehead atoms. The molecule has 7 heavy (non-hydrogen) atoms. The lowest BCUT2D eigenvalue weighted by Crippen LogP contribution is -2.25. The summed E-state index contributed by atoms with van der Waals surface area (Å²) in [6.07, 6.45) is 0. The van der Waals surface area contributed by atoms with Crippen molar-refractivity contribution in [3.63, 3.8) is 0 Å². The first-order chi connectivity index (χ1) is 2.27. The number of hydrogen-bond acceptors (Lipinski definition) is 2. The summed E-state index contributed by atoms with van der Waals surface area (Å²) in [7, 11) is 0. The van der Waals surface area contributed by atoms with Gasteiger partial charge in [0.1, 0.15) is 0 Å². The molecule has 0 rings (SSSR count). The van der Waals surface area contributed by atoms with Gasteiger partial charge >= 0.3 is 0 Å². The summed E-state index contributed by atoms with van der Waals surface area (Å²) in [5.41, 5.74) is 10.2. The number of nitrogens with two attached hydrogens (primary N) is 2. The van der Waals surface area contributed by atoms with Crippen LogP contribution < -0.4 is 11.5 Å². The van der Waals surface area contributed by atoms with Crippen LogP contribution in [0.3, 0.4) is 0 Å². The molecule has 0 spiro atoms. The normalized spacial score (nSPS) is 10.7. The fraction of sp³-hybridized carbons (Fsp3) is 1.00. The second-order valence-electron chi connectivity index (χ2n) is 1.21. The van der Waals surface area contributed by atoms with Gasteiger partial charge in [-0.1, -0.05) is 0 Å². The monoisotopic (exact) mass is 110 g/mol. The van der Waals surface area contributed by atoms with Crippen LogP contribution in [0.1, 0.15) is 6.92 Å². The van der Waals surface area contributed by atoms with Crippen molar-refractivity contribution in [3.8, 4) is 0 Å². The average Bonchev–Trinajstić information content (AvgIpc) is 1.38. The maximum Gasteiger partial charge on any atom is 0.0134 e. The molecule has 0 fully saturated rings. The van der Waals surface area contributed by atoms with Gasteiger partial charge in [-0.25, -0.2) is 0 Å². The van der Waals surface area contributed by atoms with Gasteiger partial charge in [0.2, 0.25) is 0 Å². The molecule has 48 valence electrons. The van der Waals surface area contributed by atoms with Crippen LogP contribution in [0.15, 0.2) is 0 Å². The predicted molar refractivity (Wildman–Crippen MR) is 29.9 cm³/mol. The predicted octanol–water partition coefficient (Wildman–Crippen LogP) is -2.36. The van der Waals surface area contributed by atoms with Crippen LogP contribution in [0.5, 0.6) is 0 Å². The molecule has 0 aliphatic heterocycles. The van der Waals surface area contributed by atoms with Crippen LogP contribution in [0.4, 0.5) is 0 Å². The smallest absolute Gasteiger partial charge is 0.0134 e. The molecular weight excluding hydrogens is 96.0 g/mol. The zero-order chi connectivity index (χ0) is 4.28. The zero-order valence-corrected chi connectivity index (χ0v) is 4.44. The van der Waals surface area contributed by atoms with Gasteiger partial charge in [-0.15, -0.1) is 0 Å². The Morgan fingerprint density at radius 3 is 1.57 bits per heavy atom. The molecular formula is C3H14N2O2. The topological polar surface area (TPSA) is 115 Å². The molecule has 8 N–H and O–H groups in total. The second kappa shape index (κ2) is 9.28. The molecule has 4 heteroatoms. The quantitative estimate of drug-likeness (QED) is 0.393. The van der Waals surface area contributed by atoms with E-state index >= 15 is 0 Å². The lowest BCUT2D eigenvalue weighted by molar-refractivity contribution is 0.752. The molecule has 1 atom stereocenters. The number of rotatable bonds is 1. The minimum absolute atomic E-state index is 0. The molecule has 0 aliphatic carbocycles. The van der Waals surface area contributed by atoms with Gasteiger partial charge in [0.15, 0.2) is 0 Å². The van der Waals surface area contributed by atoms with E-state index in [4.69, 9.17) is 11.5 Å². The summed E-state index contributed by atoms with van der Waals surface area (Å²) in [5, 5.41) is 0. The Balaban J connectivity index is -0.0000000800. The minimum Gasteiger partial charge on any atom is -0.412 e. The summed E-state index contributed by atoms with van der Waals surface area (Å²) in [5.74, 6) is 0. The van der Waals surface area contributed by atoms with E-state index in [1.165, 1.54) is 0 Å². The standard InChI is InChI=1S/C3H10N2.2H2O/c1-3(5)2-4;;/h3H,2,4-5H2,1H3;2*1H2. The Labute approximate surface area is 43.1 Å². The highest BCUT2D eigenvalue weighted by atomic mass is 16.0. The zero-order valence-electron chi connectivity index (χ0n) is 4.44. The average molecular weight is 110 g/mol. The SMILES string of the molecule is CC(N)CN.O.O. The molecule has 0 saturated heterocycles. The van der Waals surface area contributed by atoms with Crippen LogP contribution >= 0.6 is 0 Å². The van der Waals surface area contributed by atoms with Crippen LogP contribution in [0.25, 0.3) is 0 Å². The highest BCUT2D eigenvalue weighted by Crippen LogP contribution is 1.59. The van der Waals surface area contributed by atoms with E-state index in [0.717, 1.165) is 0 Å². The summed E-state index contributed by atoms with van der Waals surface area (Å²) in [4.78, 5) is 0. The molecule has 0 heterocycles. The van der Waals surface area contributed by atoms with Crippen molar-refractivity contribution in [3.05, 3.63) is 0 Å². The lowest BCUT2D eigenvalue weighted by atomic mass is 10.4. The van der Waals surface area contributed by atoms with Crippen molar-refractivity contribution in [2.75, 3.05) is 6.54 Å². The Morgan fingerprint density at radius 1 is 1.43 bits per heavy atom. The fourth-order valence-corrected chi connectivity index (χ4v) is 0. The van der Waals surface area contributed by atoms with Crippen molar-refractivity contribution in [2.45, 2.75) is 13.0 Å². The summed E-state index contributed by atoms with van der Waals surface area (Å²) >= 11 is 0. The van der Waals surface area contributed by atoms with Crippen LogP contribution in [0, 0.1) is 0 Å². The van der Waals surface area contributed by atoms with Crippen LogP contribution in [-0.2, 0) is 0 Å². The molecule has 4 nitrogen and oxygen atoms in total. The molecule has 0 aromatic rings. The number of hydrogen-bond donors (Lipinski definition) is 2. The van der Waals surface area contributed by atoms with E-state index in [1.807, 2.05) is 6.92 Å². The Kier molecular flexibility index (Phi) is 21.0. The van der Waals surface area contributed by atoms with E-state index in [0.29, 0.717) is 6.54 Å². The Morgan fingerprint density at radius 2 is 1.57 bits per heavy atom. The molecule has 0 aromatic heterocycles.